The van der Waals surface area contributed by atoms with Crippen molar-refractivity contribution < 1.29 is 9.59 Å². The quantitative estimate of drug-likeness (QED) is 0.639. The van der Waals surface area contributed by atoms with Crippen LogP contribution in [-0.2, 0) is 4.79 Å². The highest BCUT2D eigenvalue weighted by molar-refractivity contribution is 6.10. The number of carbonyl (C=O) groups is 2. The van der Waals surface area contributed by atoms with Gasteiger partial charge in [0, 0.05) is 24.0 Å². The summed E-state index contributed by atoms with van der Waals surface area (Å²) in [6, 6.07) is 3.04. The van der Waals surface area contributed by atoms with Gasteiger partial charge in [0.05, 0.1) is 17.4 Å². The third-order valence-corrected chi connectivity index (χ3v) is 2.97. The predicted octanol–water partition coefficient (Wildman–Crippen LogP) is 0.591. The zero-order valence-electron chi connectivity index (χ0n) is 9.43. The van der Waals surface area contributed by atoms with E-state index >= 15 is 0 Å². The number of rotatable bonds is 1. The van der Waals surface area contributed by atoms with Crippen molar-refractivity contribution in [1.82, 2.24) is 15.5 Å². The van der Waals surface area contributed by atoms with Crippen molar-refractivity contribution in [2.24, 2.45) is 0 Å². The van der Waals surface area contributed by atoms with Crippen molar-refractivity contribution in [3.8, 4) is 0 Å². The van der Waals surface area contributed by atoms with E-state index in [2.05, 4.69) is 15.5 Å². The fraction of sp³-hybridized carbons (Fsp3) is 0.182. The first kappa shape index (κ1) is 10.6. The zero-order chi connectivity index (χ0) is 12.7. The molecule has 7 heteroatoms. The first-order chi connectivity index (χ1) is 8.66. The molecule has 2 heterocycles. The minimum atomic E-state index is -0.424. The molecule has 0 radical (unpaired) electrons. The largest absolute Gasteiger partial charge is 0.398 e. The fourth-order valence-electron chi connectivity index (χ4n) is 2.06. The molecule has 4 N–H and O–H groups in total. The number of nitrogens with one attached hydrogen (secondary N) is 2. The van der Waals surface area contributed by atoms with Crippen LogP contribution >= 0.6 is 0 Å². The molecule has 7 nitrogen and oxygen atoms in total. The molecule has 0 saturated carbocycles. The molecule has 1 fully saturated rings. The molecule has 1 saturated heterocycles. The second-order valence-electron chi connectivity index (χ2n) is 4.09. The predicted molar refractivity (Wildman–Crippen MR) is 66.0 cm³/mol. The maximum atomic E-state index is 11.8. The SMILES string of the molecule is Nc1ccc(N2CCC(=O)NC2=O)c2[nH]ncc12. The average molecular weight is 245 g/mol. The summed E-state index contributed by atoms with van der Waals surface area (Å²) in [6.07, 6.45) is 1.90. The number of hydrogen-bond donors (Lipinski definition) is 3. The number of fused-ring (bicyclic) bond motifs is 1. The van der Waals surface area contributed by atoms with Crippen LogP contribution in [0.3, 0.4) is 0 Å². The summed E-state index contributed by atoms with van der Waals surface area (Å²) in [5, 5.41) is 9.79. The Balaban J connectivity index is 2.09. The van der Waals surface area contributed by atoms with E-state index in [9.17, 15) is 9.59 Å². The molecule has 0 spiro atoms. The van der Waals surface area contributed by atoms with Gasteiger partial charge < -0.3 is 5.73 Å². The van der Waals surface area contributed by atoms with Crippen LogP contribution in [-0.4, -0.2) is 28.7 Å². The minimum absolute atomic E-state index is 0.257. The number of nitrogen functional groups attached to an aromatic ring is 1. The number of urea groups is 1. The average Bonchev–Trinajstić information content (AvgIpc) is 2.81. The number of hydrogen-bond acceptors (Lipinski definition) is 4. The molecule has 2 aromatic rings. The Bertz CT molecular complexity index is 648. The first-order valence-corrected chi connectivity index (χ1v) is 5.50. The van der Waals surface area contributed by atoms with Gasteiger partial charge >= 0.3 is 6.03 Å². The Labute approximate surface area is 102 Å². The number of H-pyrrole nitrogens is 1. The van der Waals surface area contributed by atoms with Crippen LogP contribution < -0.4 is 16.0 Å². The third-order valence-electron chi connectivity index (χ3n) is 2.97. The molecular formula is C11H11N5O2. The number of nitrogens with zero attached hydrogens (tertiary/aromatic N) is 2. The van der Waals surface area contributed by atoms with E-state index < -0.39 is 6.03 Å². The maximum absolute atomic E-state index is 11.8. The third kappa shape index (κ3) is 1.48. The van der Waals surface area contributed by atoms with Gasteiger partial charge in [-0.2, -0.15) is 5.10 Å². The summed E-state index contributed by atoms with van der Waals surface area (Å²) in [7, 11) is 0. The van der Waals surface area contributed by atoms with Crippen molar-refractivity contribution >= 4 is 34.2 Å². The molecule has 3 amide bonds. The number of aromatic nitrogens is 2. The first-order valence-electron chi connectivity index (χ1n) is 5.50. The molecule has 18 heavy (non-hydrogen) atoms. The summed E-state index contributed by atoms with van der Waals surface area (Å²) >= 11 is 0. The topological polar surface area (TPSA) is 104 Å². The van der Waals surface area contributed by atoms with Crippen molar-refractivity contribution in [3.63, 3.8) is 0 Å². The molecule has 1 aromatic heterocycles. The maximum Gasteiger partial charge on any atom is 0.328 e. The van der Waals surface area contributed by atoms with Gasteiger partial charge in [0.15, 0.2) is 0 Å². The highest BCUT2D eigenvalue weighted by Gasteiger charge is 2.26. The second-order valence-corrected chi connectivity index (χ2v) is 4.09. The molecule has 1 aliphatic heterocycles. The number of amides is 3. The van der Waals surface area contributed by atoms with Gasteiger partial charge in [-0.1, -0.05) is 0 Å². The number of carbonyl (C=O) groups excluding carboxylic acids is 2. The van der Waals surface area contributed by atoms with Crippen LogP contribution in [0.2, 0.25) is 0 Å². The van der Waals surface area contributed by atoms with E-state index in [0.29, 0.717) is 23.4 Å². The van der Waals surface area contributed by atoms with Crippen LogP contribution in [0.1, 0.15) is 6.42 Å². The van der Waals surface area contributed by atoms with E-state index in [0.717, 1.165) is 5.39 Å². The van der Waals surface area contributed by atoms with Gasteiger partial charge in [-0.05, 0) is 12.1 Å². The lowest BCUT2D eigenvalue weighted by atomic mass is 10.1. The Morgan fingerprint density at radius 3 is 2.94 bits per heavy atom. The summed E-state index contributed by atoms with van der Waals surface area (Å²) in [6.45, 7) is 0.350. The fourth-order valence-corrected chi connectivity index (χ4v) is 2.06. The Morgan fingerprint density at radius 2 is 2.17 bits per heavy atom. The summed E-state index contributed by atoms with van der Waals surface area (Å²) in [4.78, 5) is 24.4. The second kappa shape index (κ2) is 3.73. The monoisotopic (exact) mass is 245 g/mol. The number of anilines is 2. The van der Waals surface area contributed by atoms with E-state index in [-0.39, 0.29) is 12.3 Å². The number of benzene rings is 1. The van der Waals surface area contributed by atoms with Crippen molar-refractivity contribution in [2.45, 2.75) is 6.42 Å². The van der Waals surface area contributed by atoms with E-state index in [1.165, 1.54) is 4.90 Å². The molecule has 0 unspecified atom stereocenters. The summed E-state index contributed by atoms with van der Waals surface area (Å²) in [5.41, 5.74) is 7.78. The van der Waals surface area contributed by atoms with E-state index in [4.69, 9.17) is 5.73 Å². The molecule has 1 aliphatic rings. The normalized spacial score (nSPS) is 16.1. The van der Waals surface area contributed by atoms with Gasteiger partial charge in [-0.3, -0.25) is 20.1 Å². The molecule has 0 aliphatic carbocycles. The van der Waals surface area contributed by atoms with E-state index in [1.807, 2.05) is 0 Å². The van der Waals surface area contributed by atoms with Crippen LogP contribution in [0.5, 0.6) is 0 Å². The van der Waals surface area contributed by atoms with Gasteiger partial charge in [-0.25, -0.2) is 4.79 Å². The Hall–Kier alpha value is -2.57. The molecule has 1 aromatic carbocycles. The molecule has 92 valence electrons. The lowest BCUT2D eigenvalue weighted by molar-refractivity contribution is -0.120. The van der Waals surface area contributed by atoms with Crippen molar-refractivity contribution in [3.05, 3.63) is 18.3 Å². The van der Waals surface area contributed by atoms with Crippen molar-refractivity contribution in [2.75, 3.05) is 17.2 Å². The Kier molecular flexibility index (Phi) is 2.19. The lowest BCUT2D eigenvalue weighted by Crippen LogP contribution is -2.49. The van der Waals surface area contributed by atoms with Crippen LogP contribution in [0, 0.1) is 0 Å². The summed E-state index contributed by atoms with van der Waals surface area (Å²) in [5.74, 6) is -0.257. The zero-order valence-corrected chi connectivity index (χ0v) is 9.43. The van der Waals surface area contributed by atoms with Gasteiger partial charge in [-0.15, -0.1) is 0 Å². The van der Waals surface area contributed by atoms with Crippen LogP contribution in [0.15, 0.2) is 18.3 Å². The highest BCUT2D eigenvalue weighted by Crippen LogP contribution is 2.29. The highest BCUT2D eigenvalue weighted by atomic mass is 16.2. The van der Waals surface area contributed by atoms with Gasteiger partial charge in [0.25, 0.3) is 0 Å². The molecule has 3 rings (SSSR count). The Morgan fingerprint density at radius 1 is 1.33 bits per heavy atom. The number of imide groups is 1. The van der Waals surface area contributed by atoms with E-state index in [1.54, 1.807) is 18.3 Å². The van der Waals surface area contributed by atoms with Crippen molar-refractivity contribution in [1.29, 1.82) is 0 Å². The molecule has 0 bridgehead atoms. The number of nitrogens with two attached hydrogens (primary N) is 1. The van der Waals surface area contributed by atoms with Crippen LogP contribution in [0.4, 0.5) is 16.2 Å². The molecule has 0 atom stereocenters. The minimum Gasteiger partial charge on any atom is -0.398 e. The lowest BCUT2D eigenvalue weighted by Gasteiger charge is -2.26. The summed E-state index contributed by atoms with van der Waals surface area (Å²) < 4.78 is 0. The van der Waals surface area contributed by atoms with Gasteiger partial charge in [0.1, 0.15) is 0 Å². The van der Waals surface area contributed by atoms with Crippen LogP contribution in [0.25, 0.3) is 10.9 Å². The number of aromatic amines is 1. The smallest absolute Gasteiger partial charge is 0.328 e. The van der Waals surface area contributed by atoms with Gasteiger partial charge in [0.2, 0.25) is 5.91 Å². The molecular weight excluding hydrogens is 234 g/mol. The standard InChI is InChI=1S/C11H11N5O2/c12-7-1-2-8(10-6(7)5-13-15-10)16-4-3-9(17)14-11(16)18/h1-2,5H,3-4,12H2,(H,13,15)(H,14,17,18).